The number of amides is 2. The lowest BCUT2D eigenvalue weighted by Crippen LogP contribution is -2.30. The second-order valence-corrected chi connectivity index (χ2v) is 8.14. The van der Waals surface area contributed by atoms with Crippen molar-refractivity contribution in [2.45, 2.75) is 33.1 Å². The summed E-state index contributed by atoms with van der Waals surface area (Å²) in [6.07, 6.45) is 1.60. The highest BCUT2D eigenvalue weighted by atomic mass is 32.1. The van der Waals surface area contributed by atoms with E-state index in [1.165, 1.54) is 11.3 Å². The molecular formula is C18H20N6O3S. The Morgan fingerprint density at radius 1 is 1.25 bits per heavy atom. The zero-order valence-electron chi connectivity index (χ0n) is 15.8. The maximum absolute atomic E-state index is 12.6. The summed E-state index contributed by atoms with van der Waals surface area (Å²) in [6.45, 7) is 7.39. The van der Waals surface area contributed by atoms with Crippen molar-refractivity contribution in [1.29, 1.82) is 0 Å². The largest absolute Gasteiger partial charge is 0.364 e. The van der Waals surface area contributed by atoms with Crippen LogP contribution < -0.4 is 16.6 Å². The number of thiazole rings is 1. The normalized spacial score (nSPS) is 11.4. The van der Waals surface area contributed by atoms with Gasteiger partial charge in [0.1, 0.15) is 17.1 Å². The van der Waals surface area contributed by atoms with E-state index in [1.54, 1.807) is 24.6 Å². The number of rotatable bonds is 4. The van der Waals surface area contributed by atoms with Crippen molar-refractivity contribution in [3.8, 4) is 11.3 Å². The molecule has 0 unspecified atom stereocenters. The number of hydrogen-bond acceptors (Lipinski definition) is 6. The number of nitrogens with zero attached hydrogens (tertiary/aromatic N) is 2. The van der Waals surface area contributed by atoms with Gasteiger partial charge in [0.2, 0.25) is 0 Å². The van der Waals surface area contributed by atoms with Crippen molar-refractivity contribution < 1.29 is 9.59 Å². The molecule has 3 rings (SSSR count). The zero-order chi connectivity index (χ0) is 20.6. The number of aryl methyl sites for hydroxylation is 1. The summed E-state index contributed by atoms with van der Waals surface area (Å²) < 4.78 is 0. The standard InChI is InChI=1S/C18H20N6O3S/c1-8-12(14(26)23-16(21-8)18(2,3)4)15(27)24-17-22-11(7-28-17)9-5-10(13(19)25)20-6-9/h5-7,20H,1-4H3,(H2,19,25)(H,21,23,26)(H,22,24,27). The van der Waals surface area contributed by atoms with Crippen LogP contribution in [0.2, 0.25) is 0 Å². The molecule has 146 valence electrons. The maximum Gasteiger partial charge on any atom is 0.265 e. The average Bonchev–Trinajstić information content (AvgIpc) is 3.22. The summed E-state index contributed by atoms with van der Waals surface area (Å²) in [5, 5.41) is 4.67. The minimum atomic E-state index is -0.584. The summed E-state index contributed by atoms with van der Waals surface area (Å²) >= 11 is 1.20. The van der Waals surface area contributed by atoms with Crippen LogP contribution in [-0.4, -0.2) is 31.8 Å². The fourth-order valence-electron chi connectivity index (χ4n) is 2.52. The molecule has 10 heteroatoms. The minimum absolute atomic E-state index is 0.0533. The fourth-order valence-corrected chi connectivity index (χ4v) is 3.23. The highest BCUT2D eigenvalue weighted by Crippen LogP contribution is 2.26. The molecule has 3 aromatic heterocycles. The van der Waals surface area contributed by atoms with Gasteiger partial charge in [-0.1, -0.05) is 20.8 Å². The Hall–Kier alpha value is -3.27. The van der Waals surface area contributed by atoms with Crippen molar-refractivity contribution in [1.82, 2.24) is 19.9 Å². The molecule has 0 radical (unpaired) electrons. The Balaban J connectivity index is 1.83. The van der Waals surface area contributed by atoms with Crippen LogP contribution in [0.1, 0.15) is 53.1 Å². The van der Waals surface area contributed by atoms with E-state index in [4.69, 9.17) is 5.73 Å². The molecule has 3 aromatic rings. The lowest BCUT2D eigenvalue weighted by Gasteiger charge is -2.18. The molecule has 0 saturated carbocycles. The van der Waals surface area contributed by atoms with Crippen LogP contribution in [0.3, 0.4) is 0 Å². The molecule has 9 nitrogen and oxygen atoms in total. The Kier molecular flexibility index (Phi) is 4.90. The number of aromatic nitrogens is 4. The predicted octanol–water partition coefficient (Wildman–Crippen LogP) is 2.18. The third kappa shape index (κ3) is 3.86. The van der Waals surface area contributed by atoms with Crippen molar-refractivity contribution in [2.24, 2.45) is 5.73 Å². The average molecular weight is 400 g/mol. The second kappa shape index (κ2) is 7.04. The molecule has 28 heavy (non-hydrogen) atoms. The van der Waals surface area contributed by atoms with Crippen LogP contribution in [0.25, 0.3) is 11.3 Å². The summed E-state index contributed by atoms with van der Waals surface area (Å²) in [5.74, 6) is -0.642. The molecule has 0 atom stereocenters. The summed E-state index contributed by atoms with van der Waals surface area (Å²) in [4.78, 5) is 50.3. The maximum atomic E-state index is 12.6. The molecule has 3 heterocycles. The molecule has 0 aliphatic carbocycles. The Bertz CT molecular complexity index is 1120. The van der Waals surface area contributed by atoms with Crippen molar-refractivity contribution >= 4 is 28.3 Å². The van der Waals surface area contributed by atoms with Gasteiger partial charge in [-0.15, -0.1) is 11.3 Å². The molecule has 0 aliphatic heterocycles. The highest BCUT2D eigenvalue weighted by molar-refractivity contribution is 7.14. The molecule has 0 bridgehead atoms. The summed E-state index contributed by atoms with van der Waals surface area (Å²) in [5.41, 5.74) is 6.17. The molecule has 0 saturated heterocycles. The first-order valence-corrected chi connectivity index (χ1v) is 9.31. The van der Waals surface area contributed by atoms with Gasteiger partial charge in [0.25, 0.3) is 17.4 Å². The van der Waals surface area contributed by atoms with Gasteiger partial charge >= 0.3 is 0 Å². The van der Waals surface area contributed by atoms with Gasteiger partial charge in [-0.05, 0) is 13.0 Å². The smallest absolute Gasteiger partial charge is 0.265 e. The van der Waals surface area contributed by atoms with Crippen LogP contribution in [0.15, 0.2) is 22.4 Å². The minimum Gasteiger partial charge on any atom is -0.364 e. The van der Waals surface area contributed by atoms with E-state index in [-0.39, 0.29) is 16.7 Å². The second-order valence-electron chi connectivity index (χ2n) is 7.28. The van der Waals surface area contributed by atoms with Gasteiger partial charge in [0, 0.05) is 22.6 Å². The Morgan fingerprint density at radius 2 is 1.96 bits per heavy atom. The molecular weight excluding hydrogens is 380 g/mol. The first-order valence-electron chi connectivity index (χ1n) is 8.43. The van der Waals surface area contributed by atoms with Crippen molar-refractivity contribution in [3.63, 3.8) is 0 Å². The van der Waals surface area contributed by atoms with Crippen LogP contribution in [0.4, 0.5) is 5.13 Å². The van der Waals surface area contributed by atoms with Crippen LogP contribution >= 0.6 is 11.3 Å². The van der Waals surface area contributed by atoms with Crippen molar-refractivity contribution in [2.75, 3.05) is 5.32 Å². The zero-order valence-corrected chi connectivity index (χ0v) is 16.7. The number of carbonyl (C=O) groups excluding carboxylic acids is 2. The number of aromatic amines is 2. The van der Waals surface area contributed by atoms with Gasteiger partial charge in [-0.25, -0.2) is 9.97 Å². The van der Waals surface area contributed by atoms with E-state index in [0.29, 0.717) is 27.9 Å². The van der Waals surface area contributed by atoms with E-state index in [2.05, 4.69) is 25.3 Å². The number of nitrogens with two attached hydrogens (primary N) is 1. The highest BCUT2D eigenvalue weighted by Gasteiger charge is 2.23. The number of hydrogen-bond donors (Lipinski definition) is 4. The van der Waals surface area contributed by atoms with Crippen LogP contribution in [0.5, 0.6) is 0 Å². The number of carbonyl (C=O) groups is 2. The van der Waals surface area contributed by atoms with Gasteiger partial charge < -0.3 is 15.7 Å². The van der Waals surface area contributed by atoms with Crippen LogP contribution in [0, 0.1) is 6.92 Å². The topological polar surface area (TPSA) is 147 Å². The summed E-state index contributed by atoms with van der Waals surface area (Å²) in [6, 6.07) is 1.58. The van der Waals surface area contributed by atoms with Gasteiger partial charge in [-0.2, -0.15) is 0 Å². The Labute approximate surface area is 164 Å². The first-order chi connectivity index (χ1) is 13.1. The molecule has 0 aromatic carbocycles. The van der Waals surface area contributed by atoms with E-state index >= 15 is 0 Å². The SMILES string of the molecule is Cc1nc(C(C)(C)C)[nH]c(=O)c1C(=O)Nc1nc(-c2c[nH]c(C(N)=O)c2)cs1. The van der Waals surface area contributed by atoms with Gasteiger partial charge in [-0.3, -0.25) is 19.7 Å². The van der Waals surface area contributed by atoms with E-state index < -0.39 is 17.4 Å². The van der Waals surface area contributed by atoms with Gasteiger partial charge in [0.15, 0.2) is 5.13 Å². The third-order valence-electron chi connectivity index (χ3n) is 4.01. The molecule has 0 fully saturated rings. The first kappa shape index (κ1) is 19.5. The predicted molar refractivity (Wildman–Crippen MR) is 107 cm³/mol. The van der Waals surface area contributed by atoms with E-state index in [0.717, 1.165) is 0 Å². The third-order valence-corrected chi connectivity index (χ3v) is 4.76. The Morgan fingerprint density at radius 3 is 2.54 bits per heavy atom. The quantitative estimate of drug-likeness (QED) is 0.530. The van der Waals surface area contributed by atoms with E-state index in [9.17, 15) is 14.4 Å². The lowest BCUT2D eigenvalue weighted by atomic mass is 9.95. The number of H-pyrrole nitrogens is 2. The van der Waals surface area contributed by atoms with Crippen LogP contribution in [-0.2, 0) is 5.41 Å². The molecule has 2 amide bonds. The number of primary amides is 1. The monoisotopic (exact) mass is 400 g/mol. The molecule has 0 aliphatic rings. The van der Waals surface area contributed by atoms with Gasteiger partial charge in [0.05, 0.1) is 11.4 Å². The summed E-state index contributed by atoms with van der Waals surface area (Å²) in [7, 11) is 0. The van der Waals surface area contributed by atoms with Crippen molar-refractivity contribution in [3.05, 3.63) is 50.8 Å². The molecule has 0 spiro atoms. The lowest BCUT2D eigenvalue weighted by molar-refractivity contribution is 0.0993. The fraction of sp³-hybridized carbons (Fsp3) is 0.278. The molecule has 5 N–H and O–H groups in total. The van der Waals surface area contributed by atoms with E-state index in [1.807, 2.05) is 20.8 Å². The number of anilines is 1. The number of nitrogens with one attached hydrogen (secondary N) is 3.